The highest BCUT2D eigenvalue weighted by Gasteiger charge is 2.35. The molecule has 1 saturated heterocycles. The molecule has 4 rings (SSSR count). The summed E-state index contributed by atoms with van der Waals surface area (Å²) in [5.41, 5.74) is 3.94. The molecular formula is C24H25N3O4. The summed E-state index contributed by atoms with van der Waals surface area (Å²) in [6.07, 6.45) is 0.817. The zero-order valence-corrected chi connectivity index (χ0v) is 17.7. The van der Waals surface area contributed by atoms with Crippen molar-refractivity contribution in [1.82, 2.24) is 10.2 Å². The van der Waals surface area contributed by atoms with Crippen LogP contribution >= 0.6 is 0 Å². The van der Waals surface area contributed by atoms with Crippen LogP contribution < -0.4 is 10.2 Å². The van der Waals surface area contributed by atoms with Gasteiger partial charge in [0.25, 0.3) is 11.8 Å². The fraction of sp³-hybridized carbons (Fsp3) is 0.333. The van der Waals surface area contributed by atoms with Crippen LogP contribution in [0.1, 0.15) is 51.1 Å². The highest BCUT2D eigenvalue weighted by Crippen LogP contribution is 2.25. The number of benzene rings is 2. The van der Waals surface area contributed by atoms with Gasteiger partial charge in [-0.05, 0) is 55.7 Å². The monoisotopic (exact) mass is 419 g/mol. The lowest BCUT2D eigenvalue weighted by molar-refractivity contribution is -0.121. The van der Waals surface area contributed by atoms with Gasteiger partial charge in [0.15, 0.2) is 0 Å². The van der Waals surface area contributed by atoms with Crippen LogP contribution in [0.15, 0.2) is 42.5 Å². The molecule has 0 spiro atoms. The molecule has 0 aromatic heterocycles. The number of hydrogen-bond acceptors (Lipinski definition) is 4. The van der Waals surface area contributed by atoms with Crippen molar-refractivity contribution in [1.29, 1.82) is 0 Å². The fourth-order valence-electron chi connectivity index (χ4n) is 4.09. The molecule has 160 valence electrons. The van der Waals surface area contributed by atoms with E-state index in [1.54, 1.807) is 29.2 Å². The van der Waals surface area contributed by atoms with Gasteiger partial charge >= 0.3 is 0 Å². The first-order valence-corrected chi connectivity index (χ1v) is 10.5. The summed E-state index contributed by atoms with van der Waals surface area (Å²) in [4.78, 5) is 52.4. The van der Waals surface area contributed by atoms with Crippen LogP contribution in [0.2, 0.25) is 0 Å². The number of hydrogen-bond donors (Lipinski definition) is 1. The molecule has 7 nitrogen and oxygen atoms in total. The first kappa shape index (κ1) is 20.8. The predicted molar refractivity (Wildman–Crippen MR) is 116 cm³/mol. The van der Waals surface area contributed by atoms with Gasteiger partial charge < -0.3 is 10.2 Å². The van der Waals surface area contributed by atoms with Crippen molar-refractivity contribution < 1.29 is 19.2 Å². The topological polar surface area (TPSA) is 86.8 Å². The Morgan fingerprint density at radius 2 is 1.68 bits per heavy atom. The number of amides is 4. The molecular weight excluding hydrogens is 394 g/mol. The van der Waals surface area contributed by atoms with Crippen molar-refractivity contribution in [2.45, 2.75) is 39.2 Å². The third kappa shape index (κ3) is 4.08. The van der Waals surface area contributed by atoms with Crippen LogP contribution in [0.3, 0.4) is 0 Å². The van der Waals surface area contributed by atoms with E-state index in [0.29, 0.717) is 24.1 Å². The lowest BCUT2D eigenvalue weighted by Gasteiger charge is -2.18. The Hall–Kier alpha value is -3.48. The summed E-state index contributed by atoms with van der Waals surface area (Å²) in [6, 6.07) is 12.4. The Kier molecular flexibility index (Phi) is 5.59. The lowest BCUT2D eigenvalue weighted by Crippen LogP contribution is -2.38. The molecule has 0 radical (unpaired) electrons. The molecule has 0 aliphatic carbocycles. The lowest BCUT2D eigenvalue weighted by atomic mass is 10.1. The van der Waals surface area contributed by atoms with Crippen molar-refractivity contribution in [3.05, 3.63) is 64.7 Å². The Morgan fingerprint density at radius 3 is 2.32 bits per heavy atom. The smallest absolute Gasteiger partial charge is 0.261 e. The Balaban J connectivity index is 1.27. The number of carbonyl (C=O) groups is 4. The number of rotatable bonds is 6. The van der Waals surface area contributed by atoms with Crippen LogP contribution in [0.25, 0.3) is 0 Å². The van der Waals surface area contributed by atoms with Crippen LogP contribution in [0.4, 0.5) is 5.69 Å². The van der Waals surface area contributed by atoms with E-state index in [0.717, 1.165) is 11.3 Å². The van der Waals surface area contributed by atoms with Gasteiger partial charge in [-0.1, -0.05) is 18.2 Å². The van der Waals surface area contributed by atoms with Gasteiger partial charge in [0.2, 0.25) is 11.8 Å². The highest BCUT2D eigenvalue weighted by molar-refractivity contribution is 6.21. The minimum Gasteiger partial charge on any atom is -0.351 e. The Labute approximate surface area is 181 Å². The van der Waals surface area contributed by atoms with Crippen LogP contribution in [-0.4, -0.2) is 47.7 Å². The Morgan fingerprint density at radius 1 is 1.00 bits per heavy atom. The molecule has 1 fully saturated rings. The molecule has 2 aliphatic rings. The van der Waals surface area contributed by atoms with Crippen LogP contribution in [-0.2, 0) is 9.59 Å². The van der Waals surface area contributed by atoms with E-state index >= 15 is 0 Å². The summed E-state index contributed by atoms with van der Waals surface area (Å²) >= 11 is 0. The molecule has 2 aromatic carbocycles. The largest absolute Gasteiger partial charge is 0.351 e. The molecule has 2 heterocycles. The predicted octanol–water partition coefficient (Wildman–Crippen LogP) is 2.60. The summed E-state index contributed by atoms with van der Waals surface area (Å²) in [6.45, 7) is 4.66. The fourth-order valence-corrected chi connectivity index (χ4v) is 4.09. The second-order valence-corrected chi connectivity index (χ2v) is 8.15. The number of imide groups is 1. The van der Waals surface area contributed by atoms with Crippen molar-refractivity contribution in [2.75, 3.05) is 18.0 Å². The van der Waals surface area contributed by atoms with Crippen LogP contribution in [0.5, 0.6) is 0 Å². The minimum atomic E-state index is -0.313. The van der Waals surface area contributed by atoms with E-state index in [9.17, 15) is 19.2 Å². The summed E-state index contributed by atoms with van der Waals surface area (Å²) < 4.78 is 0. The average molecular weight is 419 g/mol. The van der Waals surface area contributed by atoms with Gasteiger partial charge in [-0.2, -0.15) is 0 Å². The second kappa shape index (κ2) is 8.34. The number of nitrogens with zero attached hydrogens (tertiary/aromatic N) is 2. The molecule has 2 aliphatic heterocycles. The molecule has 2 aromatic rings. The summed E-state index contributed by atoms with van der Waals surface area (Å²) in [5, 5.41) is 2.91. The van der Waals surface area contributed by atoms with Crippen LogP contribution in [0, 0.1) is 13.8 Å². The molecule has 0 saturated carbocycles. The van der Waals surface area contributed by atoms with Crippen molar-refractivity contribution in [3.63, 3.8) is 0 Å². The maximum Gasteiger partial charge on any atom is 0.261 e. The zero-order chi connectivity index (χ0) is 22.1. The minimum absolute atomic E-state index is 0.0143. The SMILES string of the molecule is Cc1ccc(N2C[C@@H](NC(=O)CCCN3C(=O)c4ccccc4C3=O)CC2=O)cc1C. The maximum absolute atomic E-state index is 12.4. The second-order valence-electron chi connectivity index (χ2n) is 8.15. The zero-order valence-electron chi connectivity index (χ0n) is 17.7. The number of carbonyl (C=O) groups excluding carboxylic acids is 4. The first-order valence-electron chi connectivity index (χ1n) is 10.5. The van der Waals surface area contributed by atoms with E-state index in [1.807, 2.05) is 32.0 Å². The molecule has 7 heteroatoms. The maximum atomic E-state index is 12.4. The number of fused-ring (bicyclic) bond motifs is 1. The van der Waals surface area contributed by atoms with Gasteiger partial charge in [0, 0.05) is 31.6 Å². The average Bonchev–Trinajstić information content (AvgIpc) is 3.22. The van der Waals surface area contributed by atoms with Gasteiger partial charge in [0.1, 0.15) is 0 Å². The standard InChI is InChI=1S/C24H25N3O4/c1-15-9-10-18(12-16(15)2)27-14-17(13-22(27)29)25-21(28)8-5-11-26-23(30)19-6-3-4-7-20(19)24(26)31/h3-4,6-7,9-10,12,17H,5,8,11,13-14H2,1-2H3,(H,25,28)/t17-/m0/s1. The molecule has 1 atom stereocenters. The number of nitrogens with one attached hydrogen (secondary N) is 1. The summed E-state index contributed by atoms with van der Waals surface area (Å²) in [7, 11) is 0. The van der Waals surface area contributed by atoms with Gasteiger partial charge in [-0.3, -0.25) is 24.1 Å². The van der Waals surface area contributed by atoms with E-state index in [1.165, 1.54) is 10.5 Å². The molecule has 4 amide bonds. The number of aryl methyl sites for hydroxylation is 2. The molecule has 0 unspecified atom stereocenters. The van der Waals surface area contributed by atoms with E-state index in [4.69, 9.17) is 0 Å². The van der Waals surface area contributed by atoms with E-state index in [2.05, 4.69) is 5.32 Å². The third-order valence-electron chi connectivity index (χ3n) is 5.96. The van der Waals surface area contributed by atoms with Gasteiger partial charge in [-0.15, -0.1) is 0 Å². The van der Waals surface area contributed by atoms with Gasteiger partial charge in [0.05, 0.1) is 17.2 Å². The van der Waals surface area contributed by atoms with E-state index in [-0.39, 0.29) is 49.1 Å². The van der Waals surface area contributed by atoms with Crippen molar-refractivity contribution in [3.8, 4) is 0 Å². The first-order chi connectivity index (χ1) is 14.8. The van der Waals surface area contributed by atoms with Crippen molar-refractivity contribution in [2.24, 2.45) is 0 Å². The molecule has 1 N–H and O–H groups in total. The number of anilines is 1. The normalized spacial score (nSPS) is 18.0. The van der Waals surface area contributed by atoms with Gasteiger partial charge in [-0.25, -0.2) is 0 Å². The summed E-state index contributed by atoms with van der Waals surface area (Å²) in [5.74, 6) is -0.825. The molecule has 31 heavy (non-hydrogen) atoms. The third-order valence-corrected chi connectivity index (χ3v) is 5.96. The van der Waals surface area contributed by atoms with Crippen molar-refractivity contribution >= 4 is 29.3 Å². The quantitative estimate of drug-likeness (QED) is 0.729. The Bertz CT molecular complexity index is 1040. The van der Waals surface area contributed by atoms with E-state index < -0.39 is 0 Å². The highest BCUT2D eigenvalue weighted by atomic mass is 16.2. The molecule has 0 bridgehead atoms.